The van der Waals surface area contributed by atoms with Crippen LogP contribution in [0.1, 0.15) is 278 Å². The first-order chi connectivity index (χ1) is 29.0. The second-order valence-corrected chi connectivity index (χ2v) is 17.4. The topological polar surface area (TPSA) is 78.9 Å². The number of ether oxygens (including phenoxy) is 3. The van der Waals surface area contributed by atoms with E-state index in [1.807, 2.05) is 0 Å². The largest absolute Gasteiger partial charge is 0.462 e. The van der Waals surface area contributed by atoms with Crippen molar-refractivity contribution in [3.05, 3.63) is 24.3 Å². The molecule has 0 unspecified atom stereocenters. The van der Waals surface area contributed by atoms with E-state index in [0.717, 1.165) is 64.2 Å². The smallest absolute Gasteiger partial charge is 0.306 e. The predicted molar refractivity (Wildman–Crippen MR) is 252 cm³/mol. The van der Waals surface area contributed by atoms with Crippen LogP contribution in [0.25, 0.3) is 0 Å². The highest BCUT2D eigenvalue weighted by Gasteiger charge is 2.19. The molecule has 0 bridgehead atoms. The SMILES string of the molecule is CCCC/C=C\CCCCCCCC(=O)OC[C@H](COC(=O)CCCCCCCCCCCCC)OC(=O)CCCCCCCCCCC/C=C\CCCCCCCC. The van der Waals surface area contributed by atoms with Gasteiger partial charge in [0, 0.05) is 19.3 Å². The maximum atomic E-state index is 12.8. The molecule has 0 aromatic heterocycles. The fourth-order valence-electron chi connectivity index (χ4n) is 7.48. The van der Waals surface area contributed by atoms with Gasteiger partial charge in [0.2, 0.25) is 0 Å². The van der Waals surface area contributed by atoms with Crippen molar-refractivity contribution in [2.75, 3.05) is 13.2 Å². The van der Waals surface area contributed by atoms with Crippen molar-refractivity contribution in [2.45, 2.75) is 284 Å². The van der Waals surface area contributed by atoms with Gasteiger partial charge in [0.15, 0.2) is 6.10 Å². The van der Waals surface area contributed by atoms with Gasteiger partial charge >= 0.3 is 17.9 Å². The molecular weight excluding hydrogens is 733 g/mol. The Morgan fingerprint density at radius 2 is 0.576 bits per heavy atom. The van der Waals surface area contributed by atoms with Gasteiger partial charge in [-0.1, -0.05) is 218 Å². The second kappa shape index (κ2) is 48.6. The molecule has 0 amide bonds. The predicted octanol–water partition coefficient (Wildman–Crippen LogP) is 16.8. The Hall–Kier alpha value is -2.11. The molecule has 1 atom stereocenters. The Kier molecular flexibility index (Phi) is 46.8. The van der Waals surface area contributed by atoms with Gasteiger partial charge in [-0.3, -0.25) is 14.4 Å². The third-order valence-electron chi connectivity index (χ3n) is 11.4. The van der Waals surface area contributed by atoms with E-state index in [9.17, 15) is 14.4 Å². The zero-order chi connectivity index (χ0) is 43.0. The molecule has 59 heavy (non-hydrogen) atoms. The van der Waals surface area contributed by atoms with E-state index in [-0.39, 0.29) is 31.1 Å². The van der Waals surface area contributed by atoms with E-state index in [1.54, 1.807) is 0 Å². The minimum Gasteiger partial charge on any atom is -0.462 e. The molecule has 0 fully saturated rings. The number of allylic oxidation sites excluding steroid dienone is 4. The molecule has 0 rings (SSSR count). The van der Waals surface area contributed by atoms with E-state index in [1.165, 1.54) is 173 Å². The van der Waals surface area contributed by atoms with E-state index in [2.05, 4.69) is 45.1 Å². The monoisotopic (exact) mass is 831 g/mol. The molecule has 6 heteroatoms. The van der Waals surface area contributed by atoms with Crippen LogP contribution < -0.4 is 0 Å². The summed E-state index contributed by atoms with van der Waals surface area (Å²) in [6, 6.07) is 0. The lowest BCUT2D eigenvalue weighted by molar-refractivity contribution is -0.167. The number of rotatable bonds is 47. The van der Waals surface area contributed by atoms with Crippen LogP contribution >= 0.6 is 0 Å². The van der Waals surface area contributed by atoms with E-state index >= 15 is 0 Å². The lowest BCUT2D eigenvalue weighted by Crippen LogP contribution is -2.30. The normalized spacial score (nSPS) is 12.1. The fourth-order valence-corrected chi connectivity index (χ4v) is 7.48. The van der Waals surface area contributed by atoms with Crippen molar-refractivity contribution in [1.82, 2.24) is 0 Å². The highest BCUT2D eigenvalue weighted by Crippen LogP contribution is 2.15. The molecule has 0 N–H and O–H groups in total. The van der Waals surface area contributed by atoms with Crippen LogP contribution in [0.3, 0.4) is 0 Å². The number of carbonyl (C=O) groups excluding carboxylic acids is 3. The summed E-state index contributed by atoms with van der Waals surface area (Å²) >= 11 is 0. The summed E-state index contributed by atoms with van der Waals surface area (Å²) in [6.45, 7) is 6.60. The van der Waals surface area contributed by atoms with Crippen LogP contribution in [-0.2, 0) is 28.6 Å². The summed E-state index contributed by atoms with van der Waals surface area (Å²) in [5.41, 5.74) is 0. The van der Waals surface area contributed by atoms with Gasteiger partial charge < -0.3 is 14.2 Å². The van der Waals surface area contributed by atoms with Crippen molar-refractivity contribution in [1.29, 1.82) is 0 Å². The lowest BCUT2D eigenvalue weighted by Gasteiger charge is -2.18. The van der Waals surface area contributed by atoms with Gasteiger partial charge in [-0.05, 0) is 64.2 Å². The van der Waals surface area contributed by atoms with Gasteiger partial charge in [-0.15, -0.1) is 0 Å². The molecular formula is C53H98O6. The first kappa shape index (κ1) is 56.9. The Balaban J connectivity index is 4.29. The molecule has 0 aromatic rings. The maximum Gasteiger partial charge on any atom is 0.306 e. The lowest BCUT2D eigenvalue weighted by atomic mass is 10.1. The van der Waals surface area contributed by atoms with E-state index in [4.69, 9.17) is 14.2 Å². The highest BCUT2D eigenvalue weighted by atomic mass is 16.6. The minimum absolute atomic E-state index is 0.0712. The zero-order valence-electron chi connectivity index (χ0n) is 39.5. The van der Waals surface area contributed by atoms with Gasteiger partial charge in [-0.25, -0.2) is 0 Å². The molecule has 0 heterocycles. The highest BCUT2D eigenvalue weighted by molar-refractivity contribution is 5.71. The Morgan fingerprint density at radius 1 is 0.322 bits per heavy atom. The van der Waals surface area contributed by atoms with Crippen molar-refractivity contribution in [3.63, 3.8) is 0 Å². The van der Waals surface area contributed by atoms with Crippen LogP contribution in [0.4, 0.5) is 0 Å². The Labute approximate surface area is 366 Å². The second-order valence-electron chi connectivity index (χ2n) is 17.4. The molecule has 0 aliphatic rings. The average Bonchev–Trinajstić information content (AvgIpc) is 3.23. The van der Waals surface area contributed by atoms with Gasteiger partial charge in [-0.2, -0.15) is 0 Å². The third kappa shape index (κ3) is 46.8. The van der Waals surface area contributed by atoms with Crippen molar-refractivity contribution in [3.8, 4) is 0 Å². The summed E-state index contributed by atoms with van der Waals surface area (Å²) in [5.74, 6) is -0.873. The van der Waals surface area contributed by atoms with Crippen molar-refractivity contribution >= 4 is 17.9 Å². The standard InChI is InChI=1S/C53H98O6/c1-4-7-10-13-16-19-22-23-24-25-26-27-28-29-32-35-38-41-44-47-53(56)59-50(48-57-51(54)45-42-39-36-33-30-20-17-14-11-8-5-2)49-58-52(55)46-43-40-37-34-31-21-18-15-12-9-6-3/h14,17,23-24,50H,4-13,15-16,18-22,25-49H2,1-3H3/b17-14-,24-23-/t50-/m1/s1. The van der Waals surface area contributed by atoms with Gasteiger partial charge in [0.05, 0.1) is 0 Å². The molecule has 0 radical (unpaired) electrons. The van der Waals surface area contributed by atoms with E-state index < -0.39 is 6.10 Å². The third-order valence-corrected chi connectivity index (χ3v) is 11.4. The molecule has 0 aromatic carbocycles. The molecule has 346 valence electrons. The van der Waals surface area contributed by atoms with Crippen LogP contribution in [0, 0.1) is 0 Å². The zero-order valence-corrected chi connectivity index (χ0v) is 39.5. The van der Waals surface area contributed by atoms with Gasteiger partial charge in [0.25, 0.3) is 0 Å². The average molecular weight is 831 g/mol. The number of hydrogen-bond acceptors (Lipinski definition) is 6. The van der Waals surface area contributed by atoms with Crippen molar-refractivity contribution < 1.29 is 28.6 Å². The summed E-state index contributed by atoms with van der Waals surface area (Å²) in [7, 11) is 0. The van der Waals surface area contributed by atoms with Crippen LogP contribution in [0.5, 0.6) is 0 Å². The Bertz CT molecular complexity index is 958. The summed E-state index contributed by atoms with van der Waals surface area (Å²) < 4.78 is 16.8. The van der Waals surface area contributed by atoms with Gasteiger partial charge in [0.1, 0.15) is 13.2 Å². The van der Waals surface area contributed by atoms with E-state index in [0.29, 0.717) is 19.3 Å². The number of unbranched alkanes of at least 4 members (excludes halogenated alkanes) is 32. The molecule has 0 saturated heterocycles. The van der Waals surface area contributed by atoms with Crippen molar-refractivity contribution in [2.24, 2.45) is 0 Å². The summed E-state index contributed by atoms with van der Waals surface area (Å²) in [4.78, 5) is 37.9. The minimum atomic E-state index is -0.770. The van der Waals surface area contributed by atoms with Crippen LogP contribution in [0.15, 0.2) is 24.3 Å². The maximum absolute atomic E-state index is 12.8. The summed E-state index contributed by atoms with van der Waals surface area (Å²) in [5, 5.41) is 0. The molecule has 0 aliphatic carbocycles. The molecule has 6 nitrogen and oxygen atoms in total. The number of hydrogen-bond donors (Lipinski definition) is 0. The quantitative estimate of drug-likeness (QED) is 0.0263. The summed E-state index contributed by atoms with van der Waals surface area (Å²) in [6.07, 6.45) is 54.5. The fraction of sp³-hybridized carbons (Fsp3) is 0.868. The number of carbonyl (C=O) groups is 3. The van der Waals surface area contributed by atoms with Crippen LogP contribution in [0.2, 0.25) is 0 Å². The van der Waals surface area contributed by atoms with Crippen LogP contribution in [-0.4, -0.2) is 37.2 Å². The first-order valence-electron chi connectivity index (χ1n) is 25.8. The Morgan fingerprint density at radius 3 is 0.898 bits per heavy atom. The molecule has 0 aliphatic heterocycles. The molecule has 0 saturated carbocycles. The molecule has 0 spiro atoms. The number of esters is 3. The first-order valence-corrected chi connectivity index (χ1v) is 25.8.